The summed E-state index contributed by atoms with van der Waals surface area (Å²) in [6.45, 7) is 3.88. The van der Waals surface area contributed by atoms with Crippen molar-refractivity contribution in [1.82, 2.24) is 10.2 Å². The van der Waals surface area contributed by atoms with Crippen LogP contribution in [0.1, 0.15) is 39.5 Å². The largest absolute Gasteiger partial charge is 0.480 e. The molecule has 1 saturated heterocycles. The highest BCUT2D eigenvalue weighted by atomic mass is 16.4. The second kappa shape index (κ2) is 6.04. The third-order valence-electron chi connectivity index (χ3n) is 3.45. The lowest BCUT2D eigenvalue weighted by Gasteiger charge is -2.31. The molecule has 1 aliphatic rings. The Morgan fingerprint density at radius 3 is 2.67 bits per heavy atom. The number of likely N-dealkylation sites (tertiary alicyclic amines) is 1. The van der Waals surface area contributed by atoms with Gasteiger partial charge >= 0.3 is 12.0 Å². The second-order valence-corrected chi connectivity index (χ2v) is 4.99. The van der Waals surface area contributed by atoms with Crippen molar-refractivity contribution >= 4 is 12.0 Å². The number of nitrogens with one attached hydrogen (secondary N) is 1. The quantitative estimate of drug-likeness (QED) is 0.680. The summed E-state index contributed by atoms with van der Waals surface area (Å²) in [5.41, 5.74) is -1.24. The number of nitrogens with zero attached hydrogens (tertiary/aromatic N) is 1. The molecule has 0 radical (unpaired) electrons. The van der Waals surface area contributed by atoms with Crippen LogP contribution in [-0.2, 0) is 4.79 Å². The summed E-state index contributed by atoms with van der Waals surface area (Å²) in [7, 11) is 0. The first kappa shape index (κ1) is 14.8. The molecule has 18 heavy (non-hydrogen) atoms. The molecule has 0 aromatic rings. The minimum atomic E-state index is -1.24. The fraction of sp³-hybridized carbons (Fsp3) is 0.833. The van der Waals surface area contributed by atoms with E-state index in [0.717, 1.165) is 12.8 Å². The Kier molecular flexibility index (Phi) is 4.95. The first-order valence-corrected chi connectivity index (χ1v) is 6.37. The molecular weight excluding hydrogens is 236 g/mol. The molecule has 0 spiro atoms. The van der Waals surface area contributed by atoms with Gasteiger partial charge in [-0.05, 0) is 26.2 Å². The summed E-state index contributed by atoms with van der Waals surface area (Å²) >= 11 is 0. The summed E-state index contributed by atoms with van der Waals surface area (Å²) in [6.07, 6.45) is 2.66. The number of aliphatic hydroxyl groups excluding tert-OH is 1. The van der Waals surface area contributed by atoms with Crippen LogP contribution in [-0.4, -0.2) is 51.8 Å². The van der Waals surface area contributed by atoms with Crippen LogP contribution >= 0.6 is 0 Å². The predicted molar refractivity (Wildman–Crippen MR) is 66.3 cm³/mol. The molecular formula is C12H22N2O4. The third kappa shape index (κ3) is 3.13. The van der Waals surface area contributed by atoms with Gasteiger partial charge in [0.15, 0.2) is 0 Å². The number of amides is 2. The molecule has 1 heterocycles. The van der Waals surface area contributed by atoms with E-state index in [1.807, 2.05) is 6.92 Å². The molecule has 6 nitrogen and oxygen atoms in total. The van der Waals surface area contributed by atoms with Crippen LogP contribution in [0.2, 0.25) is 0 Å². The van der Waals surface area contributed by atoms with Gasteiger partial charge in [-0.1, -0.05) is 13.3 Å². The Bertz CT molecular complexity index is 321. The number of aliphatic hydroxyl groups is 1. The fourth-order valence-corrected chi connectivity index (χ4v) is 2.32. The van der Waals surface area contributed by atoms with E-state index in [-0.39, 0.29) is 12.6 Å². The lowest BCUT2D eigenvalue weighted by atomic mass is 9.96. The van der Waals surface area contributed by atoms with E-state index in [0.29, 0.717) is 19.4 Å². The summed E-state index contributed by atoms with van der Waals surface area (Å²) in [5, 5.41) is 20.9. The van der Waals surface area contributed by atoms with E-state index in [1.54, 1.807) is 0 Å². The topological polar surface area (TPSA) is 89.9 Å². The number of carboxylic acids is 1. The average molecular weight is 258 g/mol. The van der Waals surface area contributed by atoms with Crippen LogP contribution in [0, 0.1) is 0 Å². The molecule has 0 aromatic carbocycles. The molecule has 2 unspecified atom stereocenters. The zero-order valence-electron chi connectivity index (χ0n) is 11.0. The normalized spacial score (nSPS) is 22.6. The van der Waals surface area contributed by atoms with Crippen LogP contribution < -0.4 is 5.32 Å². The number of carbonyl (C=O) groups is 2. The summed E-state index contributed by atoms with van der Waals surface area (Å²) in [5.74, 6) is -1.03. The van der Waals surface area contributed by atoms with Crippen LogP contribution in [0.15, 0.2) is 0 Å². The number of rotatable bonds is 5. The summed E-state index contributed by atoms with van der Waals surface area (Å²) in [6, 6.07) is -0.588. The maximum absolute atomic E-state index is 12.0. The number of urea groups is 1. The van der Waals surface area contributed by atoms with Gasteiger partial charge in [0.05, 0.1) is 12.6 Å². The van der Waals surface area contributed by atoms with Crippen molar-refractivity contribution in [2.75, 3.05) is 13.2 Å². The van der Waals surface area contributed by atoms with Crippen molar-refractivity contribution in [1.29, 1.82) is 0 Å². The van der Waals surface area contributed by atoms with Crippen LogP contribution in [0.4, 0.5) is 4.79 Å². The number of carboxylic acid groups (broad SMARTS) is 1. The SMILES string of the molecule is CCCC(C)(NC(=O)N1CCCC1CO)C(=O)O. The molecule has 2 atom stereocenters. The first-order valence-electron chi connectivity index (χ1n) is 6.37. The smallest absolute Gasteiger partial charge is 0.329 e. The predicted octanol–water partition coefficient (Wildman–Crippen LogP) is 0.796. The molecule has 0 aliphatic carbocycles. The molecule has 3 N–H and O–H groups in total. The Morgan fingerprint density at radius 1 is 1.50 bits per heavy atom. The maximum atomic E-state index is 12.0. The van der Waals surface area contributed by atoms with Crippen molar-refractivity contribution in [3.05, 3.63) is 0 Å². The van der Waals surface area contributed by atoms with E-state index >= 15 is 0 Å². The van der Waals surface area contributed by atoms with Gasteiger partial charge < -0.3 is 20.4 Å². The van der Waals surface area contributed by atoms with Crippen molar-refractivity contribution in [2.45, 2.75) is 51.1 Å². The van der Waals surface area contributed by atoms with Crippen LogP contribution in [0.3, 0.4) is 0 Å². The Labute approximate surface area is 107 Å². The van der Waals surface area contributed by atoms with Crippen LogP contribution in [0.25, 0.3) is 0 Å². The minimum Gasteiger partial charge on any atom is -0.480 e. The van der Waals surface area contributed by atoms with Crippen molar-refractivity contribution in [3.63, 3.8) is 0 Å². The number of hydrogen-bond donors (Lipinski definition) is 3. The van der Waals surface area contributed by atoms with Gasteiger partial charge in [0.1, 0.15) is 5.54 Å². The number of carbonyl (C=O) groups excluding carboxylic acids is 1. The Balaban J connectivity index is 2.69. The highest BCUT2D eigenvalue weighted by Crippen LogP contribution is 2.19. The summed E-state index contributed by atoms with van der Waals surface area (Å²) < 4.78 is 0. The average Bonchev–Trinajstić information content (AvgIpc) is 2.76. The Morgan fingerprint density at radius 2 is 2.17 bits per heavy atom. The zero-order chi connectivity index (χ0) is 13.8. The van der Waals surface area contributed by atoms with Crippen molar-refractivity contribution in [3.8, 4) is 0 Å². The maximum Gasteiger partial charge on any atom is 0.329 e. The molecule has 0 aromatic heterocycles. The first-order chi connectivity index (χ1) is 8.44. The molecule has 2 amide bonds. The Hall–Kier alpha value is -1.30. The zero-order valence-corrected chi connectivity index (χ0v) is 11.0. The highest BCUT2D eigenvalue weighted by molar-refractivity contribution is 5.86. The molecule has 104 valence electrons. The highest BCUT2D eigenvalue weighted by Gasteiger charge is 2.37. The molecule has 1 aliphatic heterocycles. The lowest BCUT2D eigenvalue weighted by molar-refractivity contribution is -0.144. The van der Waals surface area contributed by atoms with Gasteiger partial charge in [-0.15, -0.1) is 0 Å². The molecule has 1 fully saturated rings. The van der Waals surface area contributed by atoms with Gasteiger partial charge in [0.2, 0.25) is 0 Å². The van der Waals surface area contributed by atoms with Gasteiger partial charge in [0.25, 0.3) is 0 Å². The van der Waals surface area contributed by atoms with Gasteiger partial charge in [0, 0.05) is 6.54 Å². The number of hydrogen-bond acceptors (Lipinski definition) is 3. The minimum absolute atomic E-state index is 0.0784. The standard InChI is InChI=1S/C12H22N2O4/c1-3-6-12(2,10(16)17)13-11(18)14-7-4-5-9(14)8-15/h9,15H,3-8H2,1-2H3,(H,13,18)(H,16,17). The van der Waals surface area contributed by atoms with Gasteiger partial charge in [-0.3, -0.25) is 0 Å². The second-order valence-electron chi connectivity index (χ2n) is 4.99. The van der Waals surface area contributed by atoms with Crippen molar-refractivity contribution in [2.24, 2.45) is 0 Å². The summed E-state index contributed by atoms with van der Waals surface area (Å²) in [4.78, 5) is 24.8. The van der Waals surface area contributed by atoms with Gasteiger partial charge in [-0.2, -0.15) is 0 Å². The number of aliphatic carboxylic acids is 1. The third-order valence-corrected chi connectivity index (χ3v) is 3.45. The van der Waals surface area contributed by atoms with E-state index in [9.17, 15) is 14.7 Å². The molecule has 0 saturated carbocycles. The van der Waals surface area contributed by atoms with Gasteiger partial charge in [-0.25, -0.2) is 9.59 Å². The fourth-order valence-electron chi connectivity index (χ4n) is 2.32. The monoisotopic (exact) mass is 258 g/mol. The van der Waals surface area contributed by atoms with E-state index in [2.05, 4.69) is 5.32 Å². The molecule has 1 rings (SSSR count). The van der Waals surface area contributed by atoms with E-state index in [1.165, 1.54) is 11.8 Å². The van der Waals surface area contributed by atoms with Crippen LogP contribution in [0.5, 0.6) is 0 Å². The van der Waals surface area contributed by atoms with E-state index in [4.69, 9.17) is 5.11 Å². The molecule has 0 bridgehead atoms. The molecule has 6 heteroatoms. The lowest BCUT2D eigenvalue weighted by Crippen LogP contribution is -2.57. The van der Waals surface area contributed by atoms with Crippen molar-refractivity contribution < 1.29 is 19.8 Å². The van der Waals surface area contributed by atoms with E-state index < -0.39 is 17.5 Å².